The van der Waals surface area contributed by atoms with Crippen LogP contribution in [0.2, 0.25) is 0 Å². The number of rotatable bonds is 5. The zero-order valence-corrected chi connectivity index (χ0v) is 16.0. The summed E-state index contributed by atoms with van der Waals surface area (Å²) < 4.78 is 13.3. The Kier molecular flexibility index (Phi) is 6.31. The van der Waals surface area contributed by atoms with Crippen molar-refractivity contribution < 1.29 is 9.47 Å². The fraction of sp³-hybridized carbons (Fsp3) is 0.684. The molecule has 0 bridgehead atoms. The maximum absolute atomic E-state index is 5.52. The van der Waals surface area contributed by atoms with E-state index in [1.54, 1.807) is 14.2 Å². The van der Waals surface area contributed by atoms with Crippen molar-refractivity contribution in [3.05, 3.63) is 18.2 Å². The largest absolute Gasteiger partial charge is 0.497 e. The van der Waals surface area contributed by atoms with Gasteiger partial charge in [-0.05, 0) is 68.8 Å². The van der Waals surface area contributed by atoms with E-state index in [1.807, 2.05) is 24.1 Å². The topological polar surface area (TPSA) is 24.9 Å². The Morgan fingerprint density at radius 3 is 2.29 bits per heavy atom. The van der Waals surface area contributed by atoms with Gasteiger partial charge in [0, 0.05) is 25.2 Å². The Bertz CT molecular complexity index is 524. The van der Waals surface area contributed by atoms with Crippen molar-refractivity contribution in [2.24, 2.45) is 5.92 Å². The average Bonchev–Trinajstić information content (AvgIpc) is 2.63. The van der Waals surface area contributed by atoms with Gasteiger partial charge in [0.1, 0.15) is 11.5 Å². The van der Waals surface area contributed by atoms with Crippen LogP contribution in [-0.2, 0) is 0 Å². The smallest absolute Gasteiger partial charge is 0.137 e. The van der Waals surface area contributed by atoms with E-state index in [2.05, 4.69) is 22.2 Å². The van der Waals surface area contributed by atoms with E-state index in [0.717, 1.165) is 36.5 Å². The zero-order chi connectivity index (χ0) is 16.9. The van der Waals surface area contributed by atoms with Crippen molar-refractivity contribution >= 4 is 11.9 Å². The third kappa shape index (κ3) is 4.38. The molecule has 0 aromatic heterocycles. The molecule has 24 heavy (non-hydrogen) atoms. The number of hydrogen-bond donors (Lipinski definition) is 0. The van der Waals surface area contributed by atoms with Crippen LogP contribution < -0.4 is 9.47 Å². The number of ether oxygens (including phenoxy) is 2. The number of benzene rings is 1. The fourth-order valence-electron chi connectivity index (χ4n) is 3.68. The Balaban J connectivity index is 1.52. The van der Waals surface area contributed by atoms with Gasteiger partial charge in [-0.15, -0.1) is 0 Å². The lowest BCUT2D eigenvalue weighted by atomic mass is 9.95. The number of methoxy groups -OCH3 is 2. The number of likely N-dealkylation sites (tertiary alicyclic amines) is 1. The molecular weight excluding hydrogens is 320 g/mol. The van der Waals surface area contributed by atoms with Crippen LogP contribution in [0.1, 0.15) is 32.6 Å². The maximum atomic E-state index is 5.52. The summed E-state index contributed by atoms with van der Waals surface area (Å²) >= 11 is 1.82. The summed E-state index contributed by atoms with van der Waals surface area (Å²) in [5.41, 5.74) is 0. The highest BCUT2D eigenvalue weighted by molar-refractivity contribution is 7.97. The van der Waals surface area contributed by atoms with Gasteiger partial charge in [0.05, 0.1) is 19.1 Å². The van der Waals surface area contributed by atoms with E-state index < -0.39 is 0 Å². The summed E-state index contributed by atoms with van der Waals surface area (Å²) in [4.78, 5) is 3.90. The molecule has 2 aliphatic heterocycles. The van der Waals surface area contributed by atoms with E-state index in [-0.39, 0.29) is 0 Å². The lowest BCUT2D eigenvalue weighted by Crippen LogP contribution is -2.46. The van der Waals surface area contributed by atoms with Gasteiger partial charge in [-0.1, -0.05) is 6.92 Å². The van der Waals surface area contributed by atoms with Gasteiger partial charge in [0.2, 0.25) is 0 Å². The van der Waals surface area contributed by atoms with Crippen molar-refractivity contribution in [3.8, 4) is 11.5 Å². The van der Waals surface area contributed by atoms with Gasteiger partial charge >= 0.3 is 0 Å². The third-order valence-electron chi connectivity index (χ3n) is 5.36. The van der Waals surface area contributed by atoms with E-state index in [1.165, 1.54) is 43.7 Å². The van der Waals surface area contributed by atoms with Gasteiger partial charge < -0.3 is 14.4 Å². The second kappa shape index (κ2) is 8.45. The lowest BCUT2D eigenvalue weighted by molar-refractivity contribution is 0.103. The van der Waals surface area contributed by atoms with Gasteiger partial charge in [-0.3, -0.25) is 0 Å². The lowest BCUT2D eigenvalue weighted by Gasteiger charge is -2.41. The van der Waals surface area contributed by atoms with Crippen molar-refractivity contribution in [2.75, 3.05) is 40.4 Å². The molecule has 0 saturated carbocycles. The van der Waals surface area contributed by atoms with E-state index in [4.69, 9.17) is 9.47 Å². The molecule has 3 rings (SSSR count). The molecular formula is C19H30N2O2S. The Hall–Kier alpha value is -0.910. The second-order valence-corrected chi connectivity index (χ2v) is 8.13. The molecule has 2 fully saturated rings. The molecule has 0 aliphatic carbocycles. The Morgan fingerprint density at radius 1 is 0.958 bits per heavy atom. The van der Waals surface area contributed by atoms with Gasteiger partial charge in [0.15, 0.2) is 0 Å². The molecule has 0 unspecified atom stereocenters. The normalized spacial score (nSPS) is 21.8. The van der Waals surface area contributed by atoms with Crippen LogP contribution in [-0.4, -0.2) is 55.6 Å². The summed E-state index contributed by atoms with van der Waals surface area (Å²) in [5.74, 6) is 2.65. The number of hydrogen-bond acceptors (Lipinski definition) is 5. The highest BCUT2D eigenvalue weighted by Crippen LogP contribution is 2.36. The minimum absolute atomic E-state index is 0.784. The molecule has 4 nitrogen and oxygen atoms in total. The molecule has 2 aliphatic rings. The molecule has 1 aromatic rings. The minimum Gasteiger partial charge on any atom is -0.497 e. The molecule has 2 saturated heterocycles. The quantitative estimate of drug-likeness (QED) is 0.750. The fourth-order valence-corrected chi connectivity index (χ4v) is 4.71. The Morgan fingerprint density at radius 2 is 1.67 bits per heavy atom. The van der Waals surface area contributed by atoms with Crippen LogP contribution >= 0.6 is 11.9 Å². The predicted octanol–water partition coefficient (Wildman–Crippen LogP) is 3.91. The van der Waals surface area contributed by atoms with E-state index in [9.17, 15) is 0 Å². The first kappa shape index (κ1) is 17.9. The first-order valence-electron chi connectivity index (χ1n) is 9.08. The first-order valence-corrected chi connectivity index (χ1v) is 9.86. The van der Waals surface area contributed by atoms with Crippen LogP contribution in [0.15, 0.2) is 23.1 Å². The summed E-state index contributed by atoms with van der Waals surface area (Å²) in [5, 5.41) is 0. The summed E-state index contributed by atoms with van der Waals surface area (Å²) in [7, 11) is 3.41. The molecule has 0 spiro atoms. The molecule has 0 radical (unpaired) electrons. The SMILES string of the molecule is COc1ccc(SN2CCC(N3CCC(C)CC3)CC2)c(OC)c1. The van der Waals surface area contributed by atoms with Gasteiger partial charge in [-0.25, -0.2) is 4.31 Å². The standard InChI is InChI=1S/C19H30N2O2S/c1-15-6-10-20(11-7-15)16-8-12-21(13-9-16)24-19-5-4-17(22-2)14-18(19)23-3/h4-5,14-16H,6-13H2,1-3H3. The number of nitrogens with zero attached hydrogens (tertiary/aromatic N) is 2. The molecule has 5 heteroatoms. The summed E-state index contributed by atoms with van der Waals surface area (Å²) in [6.45, 7) is 7.28. The maximum Gasteiger partial charge on any atom is 0.137 e. The van der Waals surface area contributed by atoms with Crippen molar-refractivity contribution in [2.45, 2.75) is 43.5 Å². The third-order valence-corrected chi connectivity index (χ3v) is 6.51. The van der Waals surface area contributed by atoms with Crippen LogP contribution in [0.3, 0.4) is 0 Å². The first-order chi connectivity index (χ1) is 11.7. The molecule has 0 atom stereocenters. The molecule has 1 aromatic carbocycles. The molecule has 0 N–H and O–H groups in total. The van der Waals surface area contributed by atoms with Crippen molar-refractivity contribution in [1.82, 2.24) is 9.21 Å². The highest BCUT2D eigenvalue weighted by Gasteiger charge is 2.27. The minimum atomic E-state index is 0.784. The van der Waals surface area contributed by atoms with Gasteiger partial charge in [-0.2, -0.15) is 0 Å². The van der Waals surface area contributed by atoms with E-state index >= 15 is 0 Å². The summed E-state index contributed by atoms with van der Waals surface area (Å²) in [6, 6.07) is 6.85. The van der Waals surface area contributed by atoms with Crippen LogP contribution in [0.25, 0.3) is 0 Å². The number of piperidine rings is 2. The van der Waals surface area contributed by atoms with Crippen LogP contribution in [0.5, 0.6) is 11.5 Å². The molecule has 0 amide bonds. The molecule has 2 heterocycles. The van der Waals surface area contributed by atoms with Crippen molar-refractivity contribution in [1.29, 1.82) is 0 Å². The zero-order valence-electron chi connectivity index (χ0n) is 15.2. The van der Waals surface area contributed by atoms with E-state index in [0.29, 0.717) is 0 Å². The van der Waals surface area contributed by atoms with Crippen LogP contribution in [0, 0.1) is 5.92 Å². The monoisotopic (exact) mass is 350 g/mol. The van der Waals surface area contributed by atoms with Crippen molar-refractivity contribution in [3.63, 3.8) is 0 Å². The van der Waals surface area contributed by atoms with Gasteiger partial charge in [0.25, 0.3) is 0 Å². The predicted molar refractivity (Wildman–Crippen MR) is 100.0 cm³/mol. The summed E-state index contributed by atoms with van der Waals surface area (Å²) in [6.07, 6.45) is 5.30. The Labute approximate surface area is 150 Å². The highest BCUT2D eigenvalue weighted by atomic mass is 32.2. The molecule has 134 valence electrons. The second-order valence-electron chi connectivity index (χ2n) is 6.99. The van der Waals surface area contributed by atoms with Crippen LogP contribution in [0.4, 0.5) is 0 Å². The average molecular weight is 351 g/mol.